The maximum atomic E-state index is 12.0. The Morgan fingerprint density at radius 2 is 2.25 bits per heavy atom. The van der Waals surface area contributed by atoms with Crippen LogP contribution in [0.3, 0.4) is 0 Å². The van der Waals surface area contributed by atoms with E-state index >= 15 is 0 Å². The lowest BCUT2D eigenvalue weighted by Gasteiger charge is -2.07. The molecule has 0 aliphatic heterocycles. The first-order chi connectivity index (χ1) is 9.65. The summed E-state index contributed by atoms with van der Waals surface area (Å²) in [5.74, 6) is -1.31. The Hall–Kier alpha value is -2.21. The molecular formula is C14H18N2O4. The summed E-state index contributed by atoms with van der Waals surface area (Å²) >= 11 is 0. The van der Waals surface area contributed by atoms with Gasteiger partial charge in [0.15, 0.2) is 0 Å². The normalized spacial score (nSPS) is 10.7. The zero-order valence-corrected chi connectivity index (χ0v) is 11.3. The van der Waals surface area contributed by atoms with E-state index in [1.807, 2.05) is 0 Å². The van der Waals surface area contributed by atoms with Gasteiger partial charge in [-0.05, 0) is 25.0 Å². The number of rotatable bonds is 8. The van der Waals surface area contributed by atoms with Crippen LogP contribution < -0.4 is 5.32 Å². The molecule has 1 heterocycles. The van der Waals surface area contributed by atoms with Gasteiger partial charge in [-0.2, -0.15) is 0 Å². The highest BCUT2D eigenvalue weighted by Gasteiger charge is 2.09. The summed E-state index contributed by atoms with van der Waals surface area (Å²) in [5, 5.41) is 11.4. The molecule has 0 aliphatic rings. The van der Waals surface area contributed by atoms with E-state index < -0.39 is 5.97 Å². The molecule has 20 heavy (non-hydrogen) atoms. The average molecular weight is 278 g/mol. The van der Waals surface area contributed by atoms with Crippen LogP contribution in [0.15, 0.2) is 24.5 Å². The fourth-order valence-corrected chi connectivity index (χ4v) is 1.58. The van der Waals surface area contributed by atoms with Gasteiger partial charge in [-0.3, -0.25) is 9.78 Å². The molecule has 0 spiro atoms. The van der Waals surface area contributed by atoms with E-state index in [2.05, 4.69) is 10.3 Å². The van der Waals surface area contributed by atoms with Gasteiger partial charge in [-0.1, -0.05) is 0 Å². The van der Waals surface area contributed by atoms with Crippen LogP contribution in [-0.2, 0) is 9.53 Å². The summed E-state index contributed by atoms with van der Waals surface area (Å²) in [4.78, 5) is 26.4. The molecule has 108 valence electrons. The highest BCUT2D eigenvalue weighted by molar-refractivity contribution is 5.98. The second-order valence-electron chi connectivity index (χ2n) is 4.09. The standard InChI is InChI=1S/C14H18N2O4/c1-20-9-3-2-7-16-14(19)12-6-8-15-10-11(12)4-5-13(17)18/h4-6,8,10H,2-3,7,9H2,1H3,(H,16,19)(H,17,18). The van der Waals surface area contributed by atoms with Gasteiger partial charge in [0.2, 0.25) is 0 Å². The van der Waals surface area contributed by atoms with E-state index in [-0.39, 0.29) is 5.91 Å². The van der Waals surface area contributed by atoms with Crippen molar-refractivity contribution in [3.8, 4) is 0 Å². The number of carboxylic acids is 1. The SMILES string of the molecule is COCCCCNC(=O)c1ccncc1C=CC(=O)O. The second kappa shape index (κ2) is 8.82. The molecule has 0 atom stereocenters. The molecular weight excluding hydrogens is 260 g/mol. The van der Waals surface area contributed by atoms with Gasteiger partial charge in [0.1, 0.15) is 0 Å². The molecule has 1 aromatic heterocycles. The lowest BCUT2D eigenvalue weighted by Crippen LogP contribution is -2.25. The van der Waals surface area contributed by atoms with Crippen LogP contribution in [0.25, 0.3) is 6.08 Å². The number of hydrogen-bond donors (Lipinski definition) is 2. The summed E-state index contributed by atoms with van der Waals surface area (Å²) in [6.45, 7) is 1.21. The Morgan fingerprint density at radius 1 is 1.45 bits per heavy atom. The summed E-state index contributed by atoms with van der Waals surface area (Å²) in [5.41, 5.74) is 0.883. The smallest absolute Gasteiger partial charge is 0.328 e. The molecule has 0 saturated carbocycles. The van der Waals surface area contributed by atoms with Gasteiger partial charge in [-0.15, -0.1) is 0 Å². The first-order valence-corrected chi connectivity index (χ1v) is 6.27. The zero-order valence-electron chi connectivity index (χ0n) is 11.3. The highest BCUT2D eigenvalue weighted by Crippen LogP contribution is 2.09. The third kappa shape index (κ3) is 5.62. The van der Waals surface area contributed by atoms with Gasteiger partial charge >= 0.3 is 5.97 Å². The van der Waals surface area contributed by atoms with Crippen molar-refractivity contribution in [2.75, 3.05) is 20.3 Å². The predicted octanol–water partition coefficient (Wildman–Crippen LogP) is 1.34. The molecule has 2 N–H and O–H groups in total. The minimum atomic E-state index is -1.07. The minimum Gasteiger partial charge on any atom is -0.478 e. The van der Waals surface area contributed by atoms with Crippen LogP contribution in [0, 0.1) is 0 Å². The number of unbranched alkanes of at least 4 members (excludes halogenated alkanes) is 1. The largest absolute Gasteiger partial charge is 0.478 e. The molecule has 0 bridgehead atoms. The summed E-state index contributed by atoms with van der Waals surface area (Å²) < 4.78 is 4.92. The first-order valence-electron chi connectivity index (χ1n) is 6.27. The van der Waals surface area contributed by atoms with Crippen molar-refractivity contribution in [2.24, 2.45) is 0 Å². The van der Waals surface area contributed by atoms with Gasteiger partial charge in [0.25, 0.3) is 5.91 Å². The van der Waals surface area contributed by atoms with Crippen LogP contribution in [0.4, 0.5) is 0 Å². The summed E-state index contributed by atoms with van der Waals surface area (Å²) in [6.07, 6.45) is 6.99. The van der Waals surface area contributed by atoms with E-state index in [0.717, 1.165) is 18.9 Å². The zero-order chi connectivity index (χ0) is 14.8. The molecule has 0 fully saturated rings. The number of ether oxygens (including phenoxy) is 1. The lowest BCUT2D eigenvalue weighted by atomic mass is 10.1. The number of methoxy groups -OCH3 is 1. The molecule has 1 rings (SSSR count). The van der Waals surface area contributed by atoms with Crippen LogP contribution >= 0.6 is 0 Å². The van der Waals surface area contributed by atoms with Gasteiger partial charge in [-0.25, -0.2) is 4.79 Å². The van der Waals surface area contributed by atoms with Gasteiger partial charge in [0, 0.05) is 49.9 Å². The van der Waals surface area contributed by atoms with E-state index in [0.29, 0.717) is 24.3 Å². The van der Waals surface area contributed by atoms with Crippen molar-refractivity contribution in [1.82, 2.24) is 10.3 Å². The highest BCUT2D eigenvalue weighted by atomic mass is 16.5. The van der Waals surface area contributed by atoms with Crippen LogP contribution in [0.5, 0.6) is 0 Å². The molecule has 1 amide bonds. The van der Waals surface area contributed by atoms with Crippen LogP contribution in [0.2, 0.25) is 0 Å². The monoisotopic (exact) mass is 278 g/mol. The van der Waals surface area contributed by atoms with E-state index in [4.69, 9.17) is 9.84 Å². The van der Waals surface area contributed by atoms with Crippen molar-refractivity contribution in [1.29, 1.82) is 0 Å². The number of aromatic nitrogens is 1. The number of nitrogens with one attached hydrogen (secondary N) is 1. The van der Waals surface area contributed by atoms with Gasteiger partial charge < -0.3 is 15.2 Å². The van der Waals surface area contributed by atoms with Crippen molar-refractivity contribution in [3.63, 3.8) is 0 Å². The molecule has 6 heteroatoms. The Kier molecular flexibility index (Phi) is 6.99. The number of carbonyl (C=O) groups excluding carboxylic acids is 1. The Balaban J connectivity index is 2.61. The van der Waals surface area contributed by atoms with Crippen molar-refractivity contribution < 1.29 is 19.4 Å². The maximum absolute atomic E-state index is 12.0. The lowest BCUT2D eigenvalue weighted by molar-refractivity contribution is -0.131. The number of aliphatic carboxylic acids is 1. The van der Waals surface area contributed by atoms with Crippen molar-refractivity contribution in [2.45, 2.75) is 12.8 Å². The number of hydrogen-bond acceptors (Lipinski definition) is 4. The minimum absolute atomic E-state index is 0.241. The van der Waals surface area contributed by atoms with E-state index in [1.165, 1.54) is 18.5 Å². The fraction of sp³-hybridized carbons (Fsp3) is 0.357. The molecule has 0 aromatic carbocycles. The number of carboxylic acid groups (broad SMARTS) is 1. The quantitative estimate of drug-likeness (QED) is 0.553. The van der Waals surface area contributed by atoms with Crippen molar-refractivity contribution >= 4 is 18.0 Å². The summed E-state index contributed by atoms with van der Waals surface area (Å²) in [7, 11) is 1.64. The predicted molar refractivity (Wildman–Crippen MR) is 74.4 cm³/mol. The van der Waals surface area contributed by atoms with Crippen LogP contribution in [0.1, 0.15) is 28.8 Å². The molecule has 0 unspecified atom stereocenters. The summed E-state index contributed by atoms with van der Waals surface area (Å²) in [6, 6.07) is 1.56. The Labute approximate surface area is 117 Å². The molecule has 0 radical (unpaired) electrons. The van der Waals surface area contributed by atoms with Crippen molar-refractivity contribution in [3.05, 3.63) is 35.7 Å². The average Bonchev–Trinajstić information content (AvgIpc) is 2.45. The number of carbonyl (C=O) groups is 2. The van der Waals surface area contributed by atoms with E-state index in [9.17, 15) is 9.59 Å². The number of amides is 1. The van der Waals surface area contributed by atoms with Gasteiger partial charge in [0.05, 0.1) is 0 Å². The Morgan fingerprint density at radius 3 is 2.95 bits per heavy atom. The second-order valence-corrected chi connectivity index (χ2v) is 4.09. The molecule has 6 nitrogen and oxygen atoms in total. The Bertz CT molecular complexity index is 486. The maximum Gasteiger partial charge on any atom is 0.328 e. The van der Waals surface area contributed by atoms with E-state index in [1.54, 1.807) is 13.2 Å². The van der Waals surface area contributed by atoms with Crippen LogP contribution in [-0.4, -0.2) is 42.2 Å². The number of pyridine rings is 1. The fourth-order valence-electron chi connectivity index (χ4n) is 1.58. The third-order valence-corrected chi connectivity index (χ3v) is 2.56. The molecule has 0 aliphatic carbocycles. The first kappa shape index (κ1) is 15.8. The molecule has 0 saturated heterocycles. The molecule has 1 aromatic rings. The topological polar surface area (TPSA) is 88.5 Å². The number of nitrogens with zero attached hydrogens (tertiary/aromatic N) is 1. The third-order valence-electron chi connectivity index (χ3n) is 2.56.